The molecule has 1 amide bonds. The van der Waals surface area contributed by atoms with Crippen LogP contribution in [0.15, 0.2) is 24.3 Å². The molecule has 1 aromatic heterocycles. The number of hydrogen-bond acceptors (Lipinski definition) is 3. The normalized spacial score (nSPS) is 17.3. The van der Waals surface area contributed by atoms with Crippen LogP contribution < -0.4 is 0 Å². The molecule has 0 radical (unpaired) electrons. The Morgan fingerprint density at radius 2 is 1.96 bits per heavy atom. The number of carbonyl (C=O) groups excluding carboxylic acids is 1. The minimum Gasteiger partial charge on any atom is -0.340 e. The van der Waals surface area contributed by atoms with Gasteiger partial charge < -0.3 is 4.90 Å². The van der Waals surface area contributed by atoms with Gasteiger partial charge in [0.25, 0.3) is 5.91 Å². The first-order chi connectivity index (χ1) is 11.1. The quantitative estimate of drug-likeness (QED) is 0.852. The monoisotopic (exact) mass is 314 g/mol. The molecule has 0 spiro atoms. The SMILES string of the molecule is CN(CC1CC1)C(=O)c1nnn(-c2ccc(F)cc2)c1C1CC1. The minimum atomic E-state index is -0.290. The van der Waals surface area contributed by atoms with Gasteiger partial charge in [0.1, 0.15) is 5.82 Å². The Balaban J connectivity index is 1.67. The lowest BCUT2D eigenvalue weighted by Gasteiger charge is -2.16. The molecule has 2 aliphatic carbocycles. The molecule has 4 rings (SSSR count). The Morgan fingerprint density at radius 1 is 1.26 bits per heavy atom. The van der Waals surface area contributed by atoms with Crippen LogP contribution in [0.25, 0.3) is 5.69 Å². The summed E-state index contributed by atoms with van der Waals surface area (Å²) in [5, 5.41) is 8.33. The zero-order valence-corrected chi connectivity index (χ0v) is 13.1. The average molecular weight is 314 g/mol. The van der Waals surface area contributed by atoms with Gasteiger partial charge in [-0.25, -0.2) is 9.07 Å². The number of aromatic nitrogens is 3. The van der Waals surface area contributed by atoms with Crippen molar-refractivity contribution < 1.29 is 9.18 Å². The molecule has 1 heterocycles. The van der Waals surface area contributed by atoms with E-state index >= 15 is 0 Å². The van der Waals surface area contributed by atoms with Crippen molar-refractivity contribution in [3.8, 4) is 5.69 Å². The highest BCUT2D eigenvalue weighted by Crippen LogP contribution is 2.42. The molecule has 0 aliphatic heterocycles. The number of amides is 1. The van der Waals surface area contributed by atoms with Gasteiger partial charge >= 0.3 is 0 Å². The van der Waals surface area contributed by atoms with E-state index in [0.29, 0.717) is 17.5 Å². The number of hydrogen-bond donors (Lipinski definition) is 0. The van der Waals surface area contributed by atoms with E-state index in [9.17, 15) is 9.18 Å². The van der Waals surface area contributed by atoms with Crippen LogP contribution in [0, 0.1) is 11.7 Å². The minimum absolute atomic E-state index is 0.0628. The second-order valence-corrected chi connectivity index (χ2v) is 6.61. The Kier molecular flexibility index (Phi) is 3.39. The lowest BCUT2D eigenvalue weighted by atomic mass is 10.2. The third kappa shape index (κ3) is 2.85. The van der Waals surface area contributed by atoms with Crippen LogP contribution in [-0.4, -0.2) is 39.4 Å². The summed E-state index contributed by atoms with van der Waals surface area (Å²) in [6, 6.07) is 6.12. The van der Waals surface area contributed by atoms with Gasteiger partial charge in [-0.2, -0.15) is 0 Å². The van der Waals surface area contributed by atoms with E-state index in [-0.39, 0.29) is 11.7 Å². The molecule has 120 valence electrons. The maximum absolute atomic E-state index is 13.1. The first kappa shape index (κ1) is 14.4. The fourth-order valence-electron chi connectivity index (χ4n) is 2.89. The van der Waals surface area contributed by atoms with Crippen LogP contribution in [-0.2, 0) is 0 Å². The van der Waals surface area contributed by atoms with E-state index in [0.717, 1.165) is 30.8 Å². The Hall–Kier alpha value is -2.24. The predicted molar refractivity (Wildman–Crippen MR) is 83.0 cm³/mol. The molecular formula is C17H19FN4O. The molecule has 0 N–H and O–H groups in total. The Morgan fingerprint density at radius 3 is 2.57 bits per heavy atom. The lowest BCUT2D eigenvalue weighted by molar-refractivity contribution is 0.0781. The van der Waals surface area contributed by atoms with Gasteiger partial charge in [-0.05, 0) is 55.9 Å². The number of halogens is 1. The van der Waals surface area contributed by atoms with E-state index < -0.39 is 0 Å². The van der Waals surface area contributed by atoms with Crippen molar-refractivity contribution in [3.63, 3.8) is 0 Å². The number of rotatable bonds is 5. The highest BCUT2D eigenvalue weighted by Gasteiger charge is 2.36. The molecule has 6 heteroatoms. The molecule has 1 aromatic carbocycles. The van der Waals surface area contributed by atoms with Gasteiger partial charge in [0, 0.05) is 19.5 Å². The summed E-state index contributed by atoms with van der Waals surface area (Å²) < 4.78 is 14.8. The molecule has 2 fully saturated rings. The smallest absolute Gasteiger partial charge is 0.276 e. The Bertz CT molecular complexity index is 732. The topological polar surface area (TPSA) is 51.0 Å². The van der Waals surface area contributed by atoms with Gasteiger partial charge in [-0.3, -0.25) is 4.79 Å². The fraction of sp³-hybridized carbons (Fsp3) is 0.471. The van der Waals surface area contributed by atoms with Crippen molar-refractivity contribution in [2.45, 2.75) is 31.6 Å². The van der Waals surface area contributed by atoms with Crippen LogP contribution in [0.5, 0.6) is 0 Å². The lowest BCUT2D eigenvalue weighted by Crippen LogP contribution is -2.30. The molecule has 23 heavy (non-hydrogen) atoms. The van der Waals surface area contributed by atoms with Crippen LogP contribution >= 0.6 is 0 Å². The summed E-state index contributed by atoms with van der Waals surface area (Å²) >= 11 is 0. The summed E-state index contributed by atoms with van der Waals surface area (Å²) in [5.74, 6) is 0.610. The van der Waals surface area contributed by atoms with Gasteiger partial charge in [-0.1, -0.05) is 5.21 Å². The van der Waals surface area contributed by atoms with Crippen molar-refractivity contribution in [3.05, 3.63) is 41.5 Å². The van der Waals surface area contributed by atoms with Crippen molar-refractivity contribution >= 4 is 5.91 Å². The number of carbonyl (C=O) groups is 1. The van der Waals surface area contributed by atoms with E-state index in [1.807, 2.05) is 7.05 Å². The first-order valence-electron chi connectivity index (χ1n) is 8.10. The molecule has 5 nitrogen and oxygen atoms in total. The highest BCUT2D eigenvalue weighted by atomic mass is 19.1. The van der Waals surface area contributed by atoms with Crippen molar-refractivity contribution in [1.82, 2.24) is 19.9 Å². The van der Waals surface area contributed by atoms with Gasteiger partial charge in [0.05, 0.1) is 11.4 Å². The van der Waals surface area contributed by atoms with Gasteiger partial charge in [0.2, 0.25) is 0 Å². The number of benzene rings is 1. The molecule has 0 atom stereocenters. The standard InChI is InChI=1S/C17H19FN4O/c1-21(10-11-2-3-11)17(23)15-16(12-4-5-12)22(20-19-15)14-8-6-13(18)7-9-14/h6-9,11-12H,2-5,10H2,1H3. The zero-order chi connectivity index (χ0) is 16.0. The van der Waals surface area contributed by atoms with Crippen LogP contribution in [0.4, 0.5) is 4.39 Å². The van der Waals surface area contributed by atoms with Crippen LogP contribution in [0.2, 0.25) is 0 Å². The maximum Gasteiger partial charge on any atom is 0.276 e. The molecule has 0 saturated heterocycles. The molecule has 0 unspecified atom stereocenters. The molecule has 2 aliphatic rings. The molecular weight excluding hydrogens is 295 g/mol. The zero-order valence-electron chi connectivity index (χ0n) is 13.1. The molecule has 2 aromatic rings. The summed E-state index contributed by atoms with van der Waals surface area (Å²) in [6.07, 6.45) is 4.49. The first-order valence-corrected chi connectivity index (χ1v) is 8.10. The average Bonchev–Trinajstić information content (AvgIpc) is 3.47. The van der Waals surface area contributed by atoms with E-state index in [4.69, 9.17) is 0 Å². The van der Waals surface area contributed by atoms with Gasteiger partial charge in [-0.15, -0.1) is 5.10 Å². The van der Waals surface area contributed by atoms with Crippen LogP contribution in [0.1, 0.15) is 47.8 Å². The largest absolute Gasteiger partial charge is 0.340 e. The Labute approximate surface area is 134 Å². The predicted octanol–water partition coefficient (Wildman–Crippen LogP) is 2.77. The van der Waals surface area contributed by atoms with E-state index in [1.54, 1.807) is 21.7 Å². The number of nitrogens with zero attached hydrogens (tertiary/aromatic N) is 4. The summed E-state index contributed by atoms with van der Waals surface area (Å²) in [6.45, 7) is 0.784. The molecule has 2 saturated carbocycles. The van der Waals surface area contributed by atoms with Crippen molar-refractivity contribution in [1.29, 1.82) is 0 Å². The van der Waals surface area contributed by atoms with Crippen molar-refractivity contribution in [2.24, 2.45) is 5.92 Å². The molecule has 0 bridgehead atoms. The van der Waals surface area contributed by atoms with Gasteiger partial charge in [0.15, 0.2) is 5.69 Å². The maximum atomic E-state index is 13.1. The van der Waals surface area contributed by atoms with Crippen molar-refractivity contribution in [2.75, 3.05) is 13.6 Å². The third-order valence-electron chi connectivity index (χ3n) is 4.52. The summed E-state index contributed by atoms with van der Waals surface area (Å²) in [7, 11) is 1.83. The highest BCUT2D eigenvalue weighted by molar-refractivity contribution is 5.93. The van der Waals surface area contributed by atoms with E-state index in [1.165, 1.54) is 25.0 Å². The summed E-state index contributed by atoms with van der Waals surface area (Å²) in [5.41, 5.74) is 2.05. The van der Waals surface area contributed by atoms with Crippen LogP contribution in [0.3, 0.4) is 0 Å². The second-order valence-electron chi connectivity index (χ2n) is 6.61. The second kappa shape index (κ2) is 5.44. The van der Waals surface area contributed by atoms with E-state index in [2.05, 4.69) is 10.3 Å². The summed E-state index contributed by atoms with van der Waals surface area (Å²) in [4.78, 5) is 14.5. The fourth-order valence-corrected chi connectivity index (χ4v) is 2.89. The third-order valence-corrected chi connectivity index (χ3v) is 4.52.